The number of halogens is 2. The molecule has 0 saturated heterocycles. The van der Waals surface area contributed by atoms with Crippen LogP contribution in [0.25, 0.3) is 11.3 Å². The van der Waals surface area contributed by atoms with Gasteiger partial charge in [0.2, 0.25) is 0 Å². The SMILES string of the molecule is CC(C)n1cc(C(=O)O)c(-c2ccc(F)cc2F)n1. The number of nitrogens with zero attached hydrogens (tertiary/aromatic N) is 2. The average Bonchev–Trinajstić information content (AvgIpc) is 2.73. The first-order valence-electron chi connectivity index (χ1n) is 5.68. The number of benzene rings is 1. The van der Waals surface area contributed by atoms with Crippen molar-refractivity contribution in [3.05, 3.63) is 41.6 Å². The zero-order chi connectivity index (χ0) is 14.2. The molecule has 1 aromatic heterocycles. The Balaban J connectivity index is 2.63. The Morgan fingerprint density at radius 1 is 1.37 bits per heavy atom. The van der Waals surface area contributed by atoms with Gasteiger partial charge in [-0.3, -0.25) is 4.68 Å². The molecule has 0 atom stereocenters. The van der Waals surface area contributed by atoms with Gasteiger partial charge in [0.25, 0.3) is 0 Å². The molecule has 2 aromatic rings. The summed E-state index contributed by atoms with van der Waals surface area (Å²) in [7, 11) is 0. The Morgan fingerprint density at radius 3 is 2.58 bits per heavy atom. The highest BCUT2D eigenvalue weighted by Crippen LogP contribution is 2.26. The van der Waals surface area contributed by atoms with Gasteiger partial charge < -0.3 is 5.11 Å². The standard InChI is InChI=1S/C13H12F2N2O2/c1-7(2)17-6-10(13(18)19)12(16-17)9-4-3-8(14)5-11(9)15/h3-7H,1-2H3,(H,18,19). The van der Waals surface area contributed by atoms with Crippen molar-refractivity contribution in [2.45, 2.75) is 19.9 Å². The summed E-state index contributed by atoms with van der Waals surface area (Å²) in [5.74, 6) is -2.76. The Labute approximate surface area is 108 Å². The van der Waals surface area contributed by atoms with E-state index >= 15 is 0 Å². The van der Waals surface area contributed by atoms with Gasteiger partial charge in [-0.15, -0.1) is 0 Å². The van der Waals surface area contributed by atoms with Gasteiger partial charge in [0, 0.05) is 23.9 Å². The maximum Gasteiger partial charge on any atom is 0.339 e. The van der Waals surface area contributed by atoms with Crippen LogP contribution in [0.2, 0.25) is 0 Å². The van der Waals surface area contributed by atoms with Crippen molar-refractivity contribution < 1.29 is 18.7 Å². The largest absolute Gasteiger partial charge is 0.478 e. The van der Waals surface area contributed by atoms with E-state index in [-0.39, 0.29) is 22.9 Å². The second-order valence-corrected chi connectivity index (χ2v) is 4.39. The van der Waals surface area contributed by atoms with Crippen molar-refractivity contribution in [2.75, 3.05) is 0 Å². The first kappa shape index (κ1) is 13.2. The lowest BCUT2D eigenvalue weighted by molar-refractivity contribution is 0.0697. The van der Waals surface area contributed by atoms with Gasteiger partial charge in [0.1, 0.15) is 22.9 Å². The van der Waals surface area contributed by atoms with E-state index in [9.17, 15) is 13.6 Å². The second-order valence-electron chi connectivity index (χ2n) is 4.39. The second kappa shape index (κ2) is 4.79. The molecule has 19 heavy (non-hydrogen) atoms. The lowest BCUT2D eigenvalue weighted by atomic mass is 10.1. The van der Waals surface area contributed by atoms with Crippen LogP contribution < -0.4 is 0 Å². The lowest BCUT2D eigenvalue weighted by Crippen LogP contribution is -2.01. The van der Waals surface area contributed by atoms with Crippen LogP contribution >= 0.6 is 0 Å². The molecule has 1 heterocycles. The minimum absolute atomic E-state index is 0.00120. The van der Waals surface area contributed by atoms with Gasteiger partial charge in [-0.05, 0) is 26.0 Å². The van der Waals surface area contributed by atoms with Crippen molar-refractivity contribution in [1.29, 1.82) is 0 Å². The molecule has 0 bridgehead atoms. The monoisotopic (exact) mass is 266 g/mol. The van der Waals surface area contributed by atoms with Crippen molar-refractivity contribution in [3.63, 3.8) is 0 Å². The summed E-state index contributed by atoms with van der Waals surface area (Å²) in [5.41, 5.74) is -0.142. The van der Waals surface area contributed by atoms with Crippen LogP contribution in [-0.2, 0) is 0 Å². The molecule has 0 aliphatic rings. The highest BCUT2D eigenvalue weighted by atomic mass is 19.1. The average molecular weight is 266 g/mol. The molecule has 0 amide bonds. The third kappa shape index (κ3) is 2.47. The Kier molecular flexibility index (Phi) is 3.33. The summed E-state index contributed by atoms with van der Waals surface area (Å²) >= 11 is 0. The van der Waals surface area contributed by atoms with Gasteiger partial charge in [0.05, 0.1) is 0 Å². The first-order chi connectivity index (χ1) is 8.90. The minimum atomic E-state index is -1.20. The van der Waals surface area contributed by atoms with Gasteiger partial charge in [-0.1, -0.05) is 0 Å². The molecular weight excluding hydrogens is 254 g/mol. The summed E-state index contributed by atoms with van der Waals surface area (Å²) in [6.45, 7) is 3.65. The molecule has 2 rings (SSSR count). The summed E-state index contributed by atoms with van der Waals surface area (Å²) < 4.78 is 28.0. The fourth-order valence-electron chi connectivity index (χ4n) is 1.69. The molecule has 100 valence electrons. The van der Waals surface area contributed by atoms with Gasteiger partial charge in [-0.2, -0.15) is 5.10 Å². The van der Waals surface area contributed by atoms with Crippen LogP contribution in [0, 0.1) is 11.6 Å². The van der Waals surface area contributed by atoms with Crippen molar-refractivity contribution in [2.24, 2.45) is 0 Å². The molecule has 0 radical (unpaired) electrons. The van der Waals surface area contributed by atoms with E-state index in [0.29, 0.717) is 6.07 Å². The molecule has 0 fully saturated rings. The fourth-order valence-corrected chi connectivity index (χ4v) is 1.69. The Morgan fingerprint density at radius 2 is 2.05 bits per heavy atom. The lowest BCUT2D eigenvalue weighted by Gasteiger charge is -2.04. The van der Waals surface area contributed by atoms with E-state index in [2.05, 4.69) is 5.10 Å². The molecule has 0 saturated carbocycles. The third-order valence-electron chi connectivity index (χ3n) is 2.68. The van der Waals surface area contributed by atoms with Crippen LogP contribution in [0.15, 0.2) is 24.4 Å². The fraction of sp³-hybridized carbons (Fsp3) is 0.231. The number of aromatic nitrogens is 2. The highest BCUT2D eigenvalue weighted by molar-refractivity contribution is 5.94. The van der Waals surface area contributed by atoms with Crippen molar-refractivity contribution in [3.8, 4) is 11.3 Å². The topological polar surface area (TPSA) is 55.1 Å². The molecule has 6 heteroatoms. The highest BCUT2D eigenvalue weighted by Gasteiger charge is 2.20. The van der Waals surface area contributed by atoms with E-state index in [4.69, 9.17) is 5.11 Å². The molecule has 4 nitrogen and oxygen atoms in total. The molecular formula is C13H12F2N2O2. The van der Waals surface area contributed by atoms with Crippen LogP contribution in [0.4, 0.5) is 8.78 Å². The first-order valence-corrected chi connectivity index (χ1v) is 5.68. The van der Waals surface area contributed by atoms with Gasteiger partial charge in [0.15, 0.2) is 0 Å². The Hall–Kier alpha value is -2.24. The van der Waals surface area contributed by atoms with Crippen molar-refractivity contribution in [1.82, 2.24) is 9.78 Å². The molecule has 0 aliphatic heterocycles. The zero-order valence-corrected chi connectivity index (χ0v) is 10.4. The quantitative estimate of drug-likeness (QED) is 0.928. The maximum absolute atomic E-state index is 13.7. The summed E-state index contributed by atoms with van der Waals surface area (Å²) in [5, 5.41) is 13.2. The number of carboxylic acid groups (broad SMARTS) is 1. The predicted molar refractivity (Wildman–Crippen MR) is 64.9 cm³/mol. The minimum Gasteiger partial charge on any atom is -0.478 e. The van der Waals surface area contributed by atoms with Gasteiger partial charge in [-0.25, -0.2) is 13.6 Å². The number of carboxylic acids is 1. The number of rotatable bonds is 3. The Bertz CT molecular complexity index is 636. The van der Waals surface area contributed by atoms with E-state index < -0.39 is 17.6 Å². The van der Waals surface area contributed by atoms with E-state index in [1.807, 2.05) is 13.8 Å². The molecule has 1 N–H and O–H groups in total. The number of aromatic carboxylic acids is 1. The number of carbonyl (C=O) groups is 1. The zero-order valence-electron chi connectivity index (χ0n) is 10.4. The van der Waals surface area contributed by atoms with Crippen LogP contribution in [0.3, 0.4) is 0 Å². The van der Waals surface area contributed by atoms with Crippen molar-refractivity contribution >= 4 is 5.97 Å². The molecule has 0 aliphatic carbocycles. The summed E-state index contributed by atoms with van der Waals surface area (Å²) in [6.07, 6.45) is 1.34. The molecule has 1 aromatic carbocycles. The van der Waals surface area contributed by atoms with Gasteiger partial charge >= 0.3 is 5.97 Å². The summed E-state index contributed by atoms with van der Waals surface area (Å²) in [4.78, 5) is 11.2. The van der Waals surface area contributed by atoms with E-state index in [0.717, 1.165) is 6.07 Å². The van der Waals surface area contributed by atoms with E-state index in [1.54, 1.807) is 0 Å². The predicted octanol–water partition coefficient (Wildman–Crippen LogP) is 3.11. The maximum atomic E-state index is 13.7. The molecule has 0 spiro atoms. The van der Waals surface area contributed by atoms with Crippen LogP contribution in [-0.4, -0.2) is 20.9 Å². The smallest absolute Gasteiger partial charge is 0.339 e. The van der Waals surface area contributed by atoms with E-state index in [1.165, 1.54) is 16.9 Å². The number of hydrogen-bond donors (Lipinski definition) is 1. The summed E-state index contributed by atoms with van der Waals surface area (Å²) in [6, 6.07) is 2.90. The number of hydrogen-bond acceptors (Lipinski definition) is 2. The normalized spacial score (nSPS) is 11.0. The van der Waals surface area contributed by atoms with Crippen LogP contribution in [0.5, 0.6) is 0 Å². The van der Waals surface area contributed by atoms with Crippen LogP contribution in [0.1, 0.15) is 30.2 Å². The molecule has 0 unspecified atom stereocenters. The third-order valence-corrected chi connectivity index (χ3v) is 2.68.